The lowest BCUT2D eigenvalue weighted by molar-refractivity contribution is -0.116. The molecule has 4 heteroatoms. The SMILES string of the molecule is Cc1ccc(C)c(NC(=O)CCc2nc(C)c(C)s2)c1. The molecule has 0 fully saturated rings. The average molecular weight is 288 g/mol. The highest BCUT2D eigenvalue weighted by molar-refractivity contribution is 7.11. The summed E-state index contributed by atoms with van der Waals surface area (Å²) in [5.41, 5.74) is 4.21. The fourth-order valence-corrected chi connectivity index (χ4v) is 2.88. The van der Waals surface area contributed by atoms with Crippen molar-refractivity contribution in [1.82, 2.24) is 4.98 Å². The first kappa shape index (κ1) is 14.7. The largest absolute Gasteiger partial charge is 0.326 e. The molecule has 2 aromatic rings. The smallest absolute Gasteiger partial charge is 0.224 e. The lowest BCUT2D eigenvalue weighted by atomic mass is 10.1. The Morgan fingerprint density at radius 2 is 2.00 bits per heavy atom. The number of amides is 1. The summed E-state index contributed by atoms with van der Waals surface area (Å²) >= 11 is 1.68. The standard InChI is InChI=1S/C16H20N2OS/c1-10-5-6-11(2)14(9-10)18-15(19)7-8-16-17-12(3)13(4)20-16/h5-6,9H,7-8H2,1-4H3,(H,18,19). The Morgan fingerprint density at radius 1 is 1.25 bits per heavy atom. The molecule has 0 radical (unpaired) electrons. The van der Waals surface area contributed by atoms with Gasteiger partial charge in [-0.2, -0.15) is 0 Å². The Balaban J connectivity index is 1.94. The second kappa shape index (κ2) is 6.18. The summed E-state index contributed by atoms with van der Waals surface area (Å²) in [5.74, 6) is 0.0456. The van der Waals surface area contributed by atoms with E-state index in [9.17, 15) is 4.79 Å². The van der Waals surface area contributed by atoms with E-state index in [1.54, 1.807) is 11.3 Å². The molecular formula is C16H20N2OS. The van der Waals surface area contributed by atoms with E-state index in [1.165, 1.54) is 4.88 Å². The van der Waals surface area contributed by atoms with Gasteiger partial charge in [0.25, 0.3) is 0 Å². The third-order valence-electron chi connectivity index (χ3n) is 3.31. The highest BCUT2D eigenvalue weighted by Gasteiger charge is 2.08. The van der Waals surface area contributed by atoms with Crippen LogP contribution in [0.1, 0.15) is 33.1 Å². The van der Waals surface area contributed by atoms with Gasteiger partial charge in [-0.15, -0.1) is 11.3 Å². The van der Waals surface area contributed by atoms with E-state index < -0.39 is 0 Å². The number of benzene rings is 1. The number of nitrogens with one attached hydrogen (secondary N) is 1. The van der Waals surface area contributed by atoms with E-state index in [0.717, 1.165) is 27.5 Å². The number of rotatable bonds is 4. The van der Waals surface area contributed by atoms with Gasteiger partial charge >= 0.3 is 0 Å². The molecular weight excluding hydrogens is 268 g/mol. The summed E-state index contributed by atoms with van der Waals surface area (Å²) in [7, 11) is 0. The van der Waals surface area contributed by atoms with E-state index >= 15 is 0 Å². The van der Waals surface area contributed by atoms with Crippen LogP contribution in [0.25, 0.3) is 0 Å². The van der Waals surface area contributed by atoms with Crippen LogP contribution in [0.3, 0.4) is 0 Å². The first-order valence-electron chi connectivity index (χ1n) is 6.75. The summed E-state index contributed by atoms with van der Waals surface area (Å²) in [6.07, 6.45) is 1.18. The zero-order valence-electron chi connectivity index (χ0n) is 12.4. The van der Waals surface area contributed by atoms with E-state index in [4.69, 9.17) is 0 Å². The molecule has 0 unspecified atom stereocenters. The first-order valence-corrected chi connectivity index (χ1v) is 7.57. The highest BCUT2D eigenvalue weighted by Crippen LogP contribution is 2.19. The molecule has 1 aromatic heterocycles. The van der Waals surface area contributed by atoms with Gasteiger partial charge in [0, 0.05) is 23.4 Å². The molecule has 3 nitrogen and oxygen atoms in total. The van der Waals surface area contributed by atoms with E-state index in [-0.39, 0.29) is 5.91 Å². The number of aromatic nitrogens is 1. The number of carbonyl (C=O) groups is 1. The molecule has 1 N–H and O–H groups in total. The van der Waals surface area contributed by atoms with Crippen molar-refractivity contribution < 1.29 is 4.79 Å². The maximum absolute atomic E-state index is 12.0. The van der Waals surface area contributed by atoms with Gasteiger partial charge in [-0.25, -0.2) is 4.98 Å². The zero-order chi connectivity index (χ0) is 14.7. The topological polar surface area (TPSA) is 42.0 Å². The van der Waals surface area contributed by atoms with Crippen molar-refractivity contribution in [1.29, 1.82) is 0 Å². The third-order valence-corrected chi connectivity index (χ3v) is 4.44. The Morgan fingerprint density at radius 3 is 2.65 bits per heavy atom. The second-order valence-corrected chi connectivity index (χ2v) is 6.40. The number of hydrogen-bond acceptors (Lipinski definition) is 3. The maximum Gasteiger partial charge on any atom is 0.224 e. The van der Waals surface area contributed by atoms with Gasteiger partial charge in [0.2, 0.25) is 5.91 Å². The number of nitrogens with zero attached hydrogens (tertiary/aromatic N) is 1. The van der Waals surface area contributed by atoms with Gasteiger partial charge in [0.15, 0.2) is 0 Å². The molecule has 0 saturated heterocycles. The average Bonchev–Trinajstić information content (AvgIpc) is 2.71. The molecule has 1 heterocycles. The summed E-state index contributed by atoms with van der Waals surface area (Å²) < 4.78 is 0. The van der Waals surface area contributed by atoms with Gasteiger partial charge < -0.3 is 5.32 Å². The lowest BCUT2D eigenvalue weighted by Crippen LogP contribution is -2.13. The number of aryl methyl sites for hydroxylation is 5. The van der Waals surface area contributed by atoms with Gasteiger partial charge in [-0.3, -0.25) is 4.79 Å². The Labute approximate surface area is 124 Å². The van der Waals surface area contributed by atoms with Crippen molar-refractivity contribution in [2.24, 2.45) is 0 Å². The molecule has 0 aliphatic heterocycles. The number of anilines is 1. The monoisotopic (exact) mass is 288 g/mol. The molecule has 0 aliphatic carbocycles. The minimum atomic E-state index is 0.0456. The molecule has 0 aliphatic rings. The van der Waals surface area contributed by atoms with Gasteiger partial charge in [-0.1, -0.05) is 12.1 Å². The van der Waals surface area contributed by atoms with Crippen molar-refractivity contribution in [3.05, 3.63) is 44.9 Å². The summed E-state index contributed by atoms with van der Waals surface area (Å²) in [6.45, 7) is 8.09. The zero-order valence-corrected chi connectivity index (χ0v) is 13.2. The van der Waals surface area contributed by atoms with Gasteiger partial charge in [0.1, 0.15) is 0 Å². The Bertz CT molecular complexity index is 612. The van der Waals surface area contributed by atoms with Crippen molar-refractivity contribution in [2.45, 2.75) is 40.5 Å². The fourth-order valence-electron chi connectivity index (χ4n) is 1.95. The maximum atomic E-state index is 12.0. The number of hydrogen-bond donors (Lipinski definition) is 1. The van der Waals surface area contributed by atoms with Crippen LogP contribution in [0.2, 0.25) is 0 Å². The van der Waals surface area contributed by atoms with Crippen molar-refractivity contribution in [3.8, 4) is 0 Å². The van der Waals surface area contributed by atoms with Gasteiger partial charge in [-0.05, 0) is 44.9 Å². The predicted molar refractivity (Wildman–Crippen MR) is 84.5 cm³/mol. The van der Waals surface area contributed by atoms with Crippen molar-refractivity contribution in [2.75, 3.05) is 5.32 Å². The van der Waals surface area contributed by atoms with Crippen LogP contribution in [-0.4, -0.2) is 10.9 Å². The minimum absolute atomic E-state index is 0.0456. The molecule has 0 atom stereocenters. The number of thiazole rings is 1. The normalized spacial score (nSPS) is 10.6. The third kappa shape index (κ3) is 3.67. The fraction of sp³-hybridized carbons (Fsp3) is 0.375. The van der Waals surface area contributed by atoms with Gasteiger partial charge in [0.05, 0.1) is 10.7 Å². The van der Waals surface area contributed by atoms with Crippen LogP contribution in [0.4, 0.5) is 5.69 Å². The summed E-state index contributed by atoms with van der Waals surface area (Å²) in [4.78, 5) is 17.7. The first-order chi connectivity index (χ1) is 9.45. The Kier molecular flexibility index (Phi) is 4.55. The minimum Gasteiger partial charge on any atom is -0.326 e. The Hall–Kier alpha value is -1.68. The van der Waals surface area contributed by atoms with E-state index in [2.05, 4.69) is 17.2 Å². The van der Waals surface area contributed by atoms with E-state index in [0.29, 0.717) is 12.8 Å². The molecule has 0 bridgehead atoms. The molecule has 1 aromatic carbocycles. The predicted octanol–water partition coefficient (Wildman–Crippen LogP) is 3.95. The van der Waals surface area contributed by atoms with Crippen molar-refractivity contribution in [3.63, 3.8) is 0 Å². The molecule has 106 valence electrons. The second-order valence-electron chi connectivity index (χ2n) is 5.12. The molecule has 0 spiro atoms. The number of carbonyl (C=O) groups excluding carboxylic acids is 1. The van der Waals surface area contributed by atoms with Crippen molar-refractivity contribution >= 4 is 22.9 Å². The quantitative estimate of drug-likeness (QED) is 0.925. The van der Waals surface area contributed by atoms with Crippen LogP contribution in [0.5, 0.6) is 0 Å². The van der Waals surface area contributed by atoms with Crippen LogP contribution >= 0.6 is 11.3 Å². The lowest BCUT2D eigenvalue weighted by Gasteiger charge is -2.08. The molecule has 20 heavy (non-hydrogen) atoms. The van der Waals surface area contributed by atoms with Crippen LogP contribution in [0.15, 0.2) is 18.2 Å². The van der Waals surface area contributed by atoms with Crippen LogP contribution < -0.4 is 5.32 Å². The molecule has 1 amide bonds. The van der Waals surface area contributed by atoms with Crippen LogP contribution in [-0.2, 0) is 11.2 Å². The summed E-state index contributed by atoms with van der Waals surface area (Å²) in [6, 6.07) is 6.08. The van der Waals surface area contributed by atoms with Crippen LogP contribution in [0, 0.1) is 27.7 Å². The van der Waals surface area contributed by atoms with E-state index in [1.807, 2.05) is 39.0 Å². The highest BCUT2D eigenvalue weighted by atomic mass is 32.1. The summed E-state index contributed by atoms with van der Waals surface area (Å²) in [5, 5.41) is 4.02. The molecule has 0 saturated carbocycles. The molecule has 2 rings (SSSR count).